The molecule has 2 rings (SSSR count). The molecule has 0 aliphatic rings. The number of para-hydroxylation sites is 1. The lowest BCUT2D eigenvalue weighted by Crippen LogP contribution is -2.29. The molecule has 0 saturated heterocycles. The van der Waals surface area contributed by atoms with E-state index in [2.05, 4.69) is 5.16 Å². The van der Waals surface area contributed by atoms with Crippen molar-refractivity contribution in [3.8, 4) is 0 Å². The van der Waals surface area contributed by atoms with Gasteiger partial charge >= 0.3 is 0 Å². The molecule has 0 radical (unpaired) electrons. The van der Waals surface area contributed by atoms with Crippen molar-refractivity contribution in [3.05, 3.63) is 64.7 Å². The molecular weight excluding hydrogens is 290 g/mol. The lowest BCUT2D eigenvalue weighted by Gasteiger charge is -2.20. The van der Waals surface area contributed by atoms with Gasteiger partial charge in [-0.25, -0.2) is 0 Å². The third kappa shape index (κ3) is 2.98. The van der Waals surface area contributed by atoms with Crippen molar-refractivity contribution in [2.75, 3.05) is 11.9 Å². The monoisotopic (exact) mass is 303 g/mol. The minimum absolute atomic E-state index is 0.0654. The maximum Gasteiger partial charge on any atom is 0.259 e. The van der Waals surface area contributed by atoms with Gasteiger partial charge in [0.15, 0.2) is 5.84 Å². The molecule has 6 heteroatoms. The zero-order valence-electron chi connectivity index (χ0n) is 11.3. The zero-order valence-corrected chi connectivity index (χ0v) is 12.1. The maximum absolute atomic E-state index is 12.5. The Labute approximate surface area is 127 Å². The molecule has 0 spiro atoms. The van der Waals surface area contributed by atoms with Crippen LogP contribution in [-0.2, 0) is 0 Å². The van der Waals surface area contributed by atoms with Crippen molar-refractivity contribution in [2.24, 2.45) is 10.9 Å². The summed E-state index contributed by atoms with van der Waals surface area (Å²) in [6.45, 7) is 0. The van der Waals surface area contributed by atoms with Gasteiger partial charge in [-0.05, 0) is 24.3 Å². The van der Waals surface area contributed by atoms with E-state index in [1.165, 1.54) is 4.90 Å². The molecule has 0 fully saturated rings. The van der Waals surface area contributed by atoms with Gasteiger partial charge in [-0.15, -0.1) is 0 Å². The van der Waals surface area contributed by atoms with E-state index in [-0.39, 0.29) is 11.7 Å². The van der Waals surface area contributed by atoms with Crippen LogP contribution in [0, 0.1) is 0 Å². The number of halogens is 1. The number of nitrogens with two attached hydrogens (primary N) is 1. The molecular formula is C15H14ClN3O2. The van der Waals surface area contributed by atoms with Crippen molar-refractivity contribution in [1.82, 2.24) is 0 Å². The van der Waals surface area contributed by atoms with Crippen LogP contribution in [0.25, 0.3) is 0 Å². The van der Waals surface area contributed by atoms with E-state index in [4.69, 9.17) is 22.5 Å². The summed E-state index contributed by atoms with van der Waals surface area (Å²) in [4.78, 5) is 13.9. The van der Waals surface area contributed by atoms with Crippen molar-refractivity contribution >= 4 is 29.0 Å². The number of carbonyl (C=O) groups excluding carboxylic acids is 1. The Bertz CT molecular complexity index is 701. The van der Waals surface area contributed by atoms with Crippen LogP contribution in [0.5, 0.6) is 0 Å². The predicted octanol–water partition coefficient (Wildman–Crippen LogP) is 2.71. The van der Waals surface area contributed by atoms with Gasteiger partial charge in [0.2, 0.25) is 0 Å². The average Bonchev–Trinajstić information content (AvgIpc) is 2.53. The lowest BCUT2D eigenvalue weighted by atomic mass is 10.1. The fourth-order valence-electron chi connectivity index (χ4n) is 1.96. The van der Waals surface area contributed by atoms with Crippen molar-refractivity contribution in [3.63, 3.8) is 0 Å². The summed E-state index contributed by atoms with van der Waals surface area (Å²) in [6.07, 6.45) is 0. The van der Waals surface area contributed by atoms with Crippen LogP contribution in [0.15, 0.2) is 53.7 Å². The number of hydrogen-bond donors (Lipinski definition) is 2. The van der Waals surface area contributed by atoms with Gasteiger partial charge in [-0.2, -0.15) is 0 Å². The zero-order chi connectivity index (χ0) is 15.4. The van der Waals surface area contributed by atoms with Crippen LogP contribution in [0.2, 0.25) is 5.02 Å². The average molecular weight is 304 g/mol. The number of anilines is 1. The molecule has 108 valence electrons. The Morgan fingerprint density at radius 2 is 1.71 bits per heavy atom. The normalized spacial score (nSPS) is 11.2. The number of carbonyl (C=O) groups is 1. The highest BCUT2D eigenvalue weighted by Crippen LogP contribution is 2.23. The largest absolute Gasteiger partial charge is 0.409 e. The van der Waals surface area contributed by atoms with E-state index in [9.17, 15) is 4.79 Å². The minimum atomic E-state index is -0.279. The number of oxime groups is 1. The van der Waals surface area contributed by atoms with Crippen molar-refractivity contribution in [1.29, 1.82) is 0 Å². The van der Waals surface area contributed by atoms with Crippen molar-refractivity contribution in [2.45, 2.75) is 0 Å². The summed E-state index contributed by atoms with van der Waals surface area (Å²) < 4.78 is 0. The van der Waals surface area contributed by atoms with Gasteiger partial charge in [0.25, 0.3) is 5.91 Å². The lowest BCUT2D eigenvalue weighted by molar-refractivity contribution is 0.0993. The van der Waals surface area contributed by atoms with Crippen LogP contribution >= 0.6 is 11.6 Å². The SMILES string of the molecule is CN(C(=O)c1ccccc1Cl)c1ccccc1/C(N)=N/O. The summed E-state index contributed by atoms with van der Waals surface area (Å²) in [7, 11) is 1.61. The quantitative estimate of drug-likeness (QED) is 0.396. The minimum Gasteiger partial charge on any atom is -0.409 e. The number of rotatable bonds is 3. The summed E-state index contributed by atoms with van der Waals surface area (Å²) in [5.41, 5.74) is 7.01. The summed E-state index contributed by atoms with van der Waals surface area (Å²) in [5.74, 6) is -0.344. The molecule has 0 saturated carbocycles. The fourth-order valence-corrected chi connectivity index (χ4v) is 2.18. The molecule has 0 heterocycles. The van der Waals surface area contributed by atoms with E-state index >= 15 is 0 Å². The van der Waals surface area contributed by atoms with Crippen LogP contribution in [-0.4, -0.2) is 24.0 Å². The highest BCUT2D eigenvalue weighted by atomic mass is 35.5. The van der Waals surface area contributed by atoms with Gasteiger partial charge < -0.3 is 15.8 Å². The third-order valence-corrected chi connectivity index (χ3v) is 3.39. The first-order valence-corrected chi connectivity index (χ1v) is 6.53. The first-order chi connectivity index (χ1) is 10.1. The molecule has 3 N–H and O–H groups in total. The Balaban J connectivity index is 2.44. The highest BCUT2D eigenvalue weighted by Gasteiger charge is 2.19. The molecule has 0 bridgehead atoms. The van der Waals surface area contributed by atoms with Gasteiger partial charge in [0.05, 0.1) is 16.3 Å². The van der Waals surface area contributed by atoms with Gasteiger partial charge in [-0.1, -0.05) is 41.0 Å². The van der Waals surface area contributed by atoms with Crippen LogP contribution in [0.1, 0.15) is 15.9 Å². The molecule has 1 amide bonds. The van der Waals surface area contributed by atoms with E-state index < -0.39 is 0 Å². The van der Waals surface area contributed by atoms with Crippen molar-refractivity contribution < 1.29 is 10.0 Å². The van der Waals surface area contributed by atoms with E-state index in [1.54, 1.807) is 55.6 Å². The maximum atomic E-state index is 12.5. The van der Waals surface area contributed by atoms with Gasteiger partial charge in [0, 0.05) is 12.6 Å². The Hall–Kier alpha value is -2.53. The Morgan fingerprint density at radius 3 is 2.33 bits per heavy atom. The predicted molar refractivity (Wildman–Crippen MR) is 83.1 cm³/mol. The summed E-state index contributed by atoms with van der Waals surface area (Å²) >= 11 is 6.04. The summed E-state index contributed by atoms with van der Waals surface area (Å²) in [6, 6.07) is 13.7. The molecule has 2 aromatic rings. The molecule has 5 nitrogen and oxygen atoms in total. The number of amidine groups is 1. The third-order valence-electron chi connectivity index (χ3n) is 3.06. The molecule has 0 aliphatic heterocycles. The highest BCUT2D eigenvalue weighted by molar-refractivity contribution is 6.34. The molecule has 0 atom stereocenters. The van der Waals surface area contributed by atoms with E-state index in [0.717, 1.165) is 0 Å². The van der Waals surface area contributed by atoms with E-state index in [0.29, 0.717) is 21.8 Å². The summed E-state index contributed by atoms with van der Waals surface area (Å²) in [5, 5.41) is 12.2. The second kappa shape index (κ2) is 6.28. The first-order valence-electron chi connectivity index (χ1n) is 6.15. The fraction of sp³-hybridized carbons (Fsp3) is 0.0667. The number of nitrogens with zero attached hydrogens (tertiary/aromatic N) is 2. The van der Waals surface area contributed by atoms with E-state index in [1.807, 2.05) is 0 Å². The van der Waals surface area contributed by atoms with Crippen LogP contribution < -0.4 is 10.6 Å². The number of benzene rings is 2. The number of amides is 1. The number of hydrogen-bond acceptors (Lipinski definition) is 3. The van der Waals surface area contributed by atoms with Crippen LogP contribution in [0.3, 0.4) is 0 Å². The smallest absolute Gasteiger partial charge is 0.259 e. The standard InChI is InChI=1S/C15H14ClN3O2/c1-19(15(20)10-6-2-4-8-12(10)16)13-9-5-3-7-11(13)14(17)18-21/h2-9,21H,1H3,(H2,17,18). The second-order valence-corrected chi connectivity index (χ2v) is 4.75. The van der Waals surface area contributed by atoms with Gasteiger partial charge in [-0.3, -0.25) is 4.79 Å². The van der Waals surface area contributed by atoms with Gasteiger partial charge in [0.1, 0.15) is 0 Å². The molecule has 0 unspecified atom stereocenters. The molecule has 21 heavy (non-hydrogen) atoms. The van der Waals surface area contributed by atoms with Crippen LogP contribution in [0.4, 0.5) is 5.69 Å². The topological polar surface area (TPSA) is 78.9 Å². The Morgan fingerprint density at radius 1 is 1.14 bits per heavy atom. The molecule has 0 aromatic heterocycles. The Kier molecular flexibility index (Phi) is 4.45. The molecule has 2 aromatic carbocycles. The molecule has 0 aliphatic carbocycles. The first kappa shape index (κ1) is 14.9. The second-order valence-electron chi connectivity index (χ2n) is 4.35.